The first kappa shape index (κ1) is 14.4. The van der Waals surface area contributed by atoms with Gasteiger partial charge in [-0.3, -0.25) is 0 Å². The predicted molar refractivity (Wildman–Crippen MR) is 66.5 cm³/mol. The molecular weight excluding hydrogens is 210 g/mol. The zero-order valence-corrected chi connectivity index (χ0v) is 10.1. The van der Waals surface area contributed by atoms with E-state index in [9.17, 15) is 0 Å². The van der Waals surface area contributed by atoms with Crippen molar-refractivity contribution in [2.75, 3.05) is 19.8 Å². The summed E-state index contributed by atoms with van der Waals surface area (Å²) >= 11 is 0. The number of ether oxygens (including phenoxy) is 1. The standard InChI is InChI=1S/C12H19NO.ClH/c1-2-14-10-6-9-13-11-12-7-4-3-5-8-12;/h3-5,7-8,13H,2,6,9-11H2,1H3;1H. The lowest BCUT2D eigenvalue weighted by Crippen LogP contribution is -2.16. The van der Waals surface area contributed by atoms with E-state index in [1.165, 1.54) is 5.56 Å². The molecule has 0 aliphatic carbocycles. The maximum atomic E-state index is 5.25. The van der Waals surface area contributed by atoms with Crippen LogP contribution in [0, 0.1) is 0 Å². The molecule has 2 nitrogen and oxygen atoms in total. The lowest BCUT2D eigenvalue weighted by molar-refractivity contribution is 0.144. The van der Waals surface area contributed by atoms with Gasteiger partial charge in [-0.15, -0.1) is 12.4 Å². The zero-order chi connectivity index (χ0) is 10.1. The Morgan fingerprint density at radius 3 is 2.60 bits per heavy atom. The molecule has 0 saturated carbocycles. The molecule has 1 rings (SSSR count). The summed E-state index contributed by atoms with van der Waals surface area (Å²) in [5.74, 6) is 0. The van der Waals surface area contributed by atoms with E-state index < -0.39 is 0 Å². The van der Waals surface area contributed by atoms with Crippen LogP contribution in [0.5, 0.6) is 0 Å². The molecule has 3 heteroatoms. The van der Waals surface area contributed by atoms with Crippen LogP contribution in [0.25, 0.3) is 0 Å². The largest absolute Gasteiger partial charge is 0.382 e. The van der Waals surface area contributed by atoms with Crippen molar-refractivity contribution in [1.82, 2.24) is 5.32 Å². The van der Waals surface area contributed by atoms with Crippen molar-refractivity contribution in [3.05, 3.63) is 35.9 Å². The minimum absolute atomic E-state index is 0. The highest BCUT2D eigenvalue weighted by Gasteiger charge is 1.90. The first-order valence-corrected chi connectivity index (χ1v) is 5.26. The Morgan fingerprint density at radius 1 is 1.20 bits per heavy atom. The molecule has 0 aliphatic heterocycles. The second-order valence-corrected chi connectivity index (χ2v) is 3.21. The van der Waals surface area contributed by atoms with Crippen molar-refractivity contribution in [3.8, 4) is 0 Å². The fraction of sp³-hybridized carbons (Fsp3) is 0.500. The van der Waals surface area contributed by atoms with E-state index >= 15 is 0 Å². The minimum atomic E-state index is 0. The monoisotopic (exact) mass is 229 g/mol. The van der Waals surface area contributed by atoms with Crippen LogP contribution in [0.2, 0.25) is 0 Å². The van der Waals surface area contributed by atoms with E-state index in [1.54, 1.807) is 0 Å². The van der Waals surface area contributed by atoms with Crippen LogP contribution >= 0.6 is 12.4 Å². The Balaban J connectivity index is 0.00000196. The van der Waals surface area contributed by atoms with E-state index in [0.717, 1.165) is 32.7 Å². The number of benzene rings is 1. The number of hydrogen-bond donors (Lipinski definition) is 1. The maximum absolute atomic E-state index is 5.25. The first-order valence-electron chi connectivity index (χ1n) is 5.26. The number of rotatable bonds is 7. The third kappa shape index (κ3) is 7.37. The zero-order valence-electron chi connectivity index (χ0n) is 9.24. The second-order valence-electron chi connectivity index (χ2n) is 3.21. The molecule has 0 atom stereocenters. The van der Waals surface area contributed by atoms with Crippen molar-refractivity contribution in [1.29, 1.82) is 0 Å². The average molecular weight is 230 g/mol. The second kappa shape index (κ2) is 9.97. The molecule has 0 spiro atoms. The fourth-order valence-electron chi connectivity index (χ4n) is 1.27. The molecule has 0 fully saturated rings. The lowest BCUT2D eigenvalue weighted by atomic mass is 10.2. The SMILES string of the molecule is CCOCCCNCc1ccccc1.Cl. The highest BCUT2D eigenvalue weighted by Crippen LogP contribution is 1.96. The topological polar surface area (TPSA) is 21.3 Å². The van der Waals surface area contributed by atoms with Gasteiger partial charge in [-0.1, -0.05) is 30.3 Å². The summed E-state index contributed by atoms with van der Waals surface area (Å²) in [6.07, 6.45) is 1.08. The van der Waals surface area contributed by atoms with Crippen LogP contribution in [0.4, 0.5) is 0 Å². The molecule has 0 heterocycles. The third-order valence-corrected chi connectivity index (χ3v) is 2.02. The molecule has 1 aromatic rings. The first-order chi connectivity index (χ1) is 6.93. The number of hydrogen-bond acceptors (Lipinski definition) is 2. The van der Waals surface area contributed by atoms with E-state index in [1.807, 2.05) is 13.0 Å². The summed E-state index contributed by atoms with van der Waals surface area (Å²) < 4.78 is 5.25. The highest BCUT2D eigenvalue weighted by atomic mass is 35.5. The molecule has 86 valence electrons. The van der Waals surface area contributed by atoms with Gasteiger partial charge in [-0.05, 0) is 25.5 Å². The predicted octanol–water partition coefficient (Wildman–Crippen LogP) is 2.62. The van der Waals surface area contributed by atoms with Crippen molar-refractivity contribution < 1.29 is 4.74 Å². The number of nitrogens with one attached hydrogen (secondary N) is 1. The van der Waals surface area contributed by atoms with Gasteiger partial charge in [0.05, 0.1) is 0 Å². The molecule has 15 heavy (non-hydrogen) atoms. The Bertz CT molecular complexity index is 228. The molecule has 0 unspecified atom stereocenters. The van der Waals surface area contributed by atoms with E-state index in [4.69, 9.17) is 4.74 Å². The normalized spacial score (nSPS) is 9.67. The molecule has 0 aromatic heterocycles. The summed E-state index contributed by atoms with van der Waals surface area (Å²) in [5.41, 5.74) is 1.34. The van der Waals surface area contributed by atoms with E-state index in [0.29, 0.717) is 0 Å². The maximum Gasteiger partial charge on any atom is 0.0477 e. The van der Waals surface area contributed by atoms with Crippen LogP contribution in [0.3, 0.4) is 0 Å². The molecule has 0 amide bonds. The van der Waals surface area contributed by atoms with Crippen LogP contribution in [-0.2, 0) is 11.3 Å². The molecular formula is C12H20ClNO. The van der Waals surface area contributed by atoms with Gasteiger partial charge in [0, 0.05) is 19.8 Å². The molecule has 1 aromatic carbocycles. The van der Waals surface area contributed by atoms with Gasteiger partial charge < -0.3 is 10.1 Å². The summed E-state index contributed by atoms with van der Waals surface area (Å²) in [6, 6.07) is 10.4. The lowest BCUT2D eigenvalue weighted by Gasteiger charge is -2.04. The van der Waals surface area contributed by atoms with Gasteiger partial charge in [-0.2, -0.15) is 0 Å². The highest BCUT2D eigenvalue weighted by molar-refractivity contribution is 5.85. The van der Waals surface area contributed by atoms with Crippen molar-refractivity contribution in [2.24, 2.45) is 0 Å². The van der Waals surface area contributed by atoms with Crippen LogP contribution < -0.4 is 5.32 Å². The van der Waals surface area contributed by atoms with Crippen molar-refractivity contribution >= 4 is 12.4 Å². The smallest absolute Gasteiger partial charge is 0.0477 e. The fourth-order valence-corrected chi connectivity index (χ4v) is 1.27. The molecule has 0 bridgehead atoms. The summed E-state index contributed by atoms with van der Waals surface area (Å²) in [4.78, 5) is 0. The Labute approximate surface area is 98.4 Å². The van der Waals surface area contributed by atoms with Crippen molar-refractivity contribution in [2.45, 2.75) is 19.9 Å². The Morgan fingerprint density at radius 2 is 1.93 bits per heavy atom. The van der Waals surface area contributed by atoms with E-state index in [-0.39, 0.29) is 12.4 Å². The van der Waals surface area contributed by atoms with Gasteiger partial charge in [0.15, 0.2) is 0 Å². The molecule has 0 aliphatic rings. The molecule has 0 radical (unpaired) electrons. The number of halogens is 1. The quantitative estimate of drug-likeness (QED) is 0.726. The molecule has 0 saturated heterocycles. The van der Waals surface area contributed by atoms with Gasteiger partial charge in [0.2, 0.25) is 0 Å². The van der Waals surface area contributed by atoms with Crippen LogP contribution in [-0.4, -0.2) is 19.8 Å². The minimum Gasteiger partial charge on any atom is -0.382 e. The average Bonchev–Trinajstić information content (AvgIpc) is 2.25. The van der Waals surface area contributed by atoms with Gasteiger partial charge in [-0.25, -0.2) is 0 Å². The van der Waals surface area contributed by atoms with Crippen molar-refractivity contribution in [3.63, 3.8) is 0 Å². The van der Waals surface area contributed by atoms with Gasteiger partial charge in [0.1, 0.15) is 0 Å². The van der Waals surface area contributed by atoms with Crippen LogP contribution in [0.15, 0.2) is 30.3 Å². The summed E-state index contributed by atoms with van der Waals surface area (Å²) in [6.45, 7) is 5.68. The van der Waals surface area contributed by atoms with E-state index in [2.05, 4.69) is 29.6 Å². The third-order valence-electron chi connectivity index (χ3n) is 2.02. The van der Waals surface area contributed by atoms with Gasteiger partial charge in [0.25, 0.3) is 0 Å². The van der Waals surface area contributed by atoms with Crippen LogP contribution in [0.1, 0.15) is 18.9 Å². The summed E-state index contributed by atoms with van der Waals surface area (Å²) in [5, 5.41) is 3.38. The Hall–Kier alpha value is -0.570. The Kier molecular flexibility index (Phi) is 9.59. The van der Waals surface area contributed by atoms with Gasteiger partial charge >= 0.3 is 0 Å². The molecule has 1 N–H and O–H groups in total. The summed E-state index contributed by atoms with van der Waals surface area (Å²) in [7, 11) is 0.